The van der Waals surface area contributed by atoms with Crippen LogP contribution in [0.2, 0.25) is 0 Å². The maximum Gasteiger partial charge on any atom is 0.271 e. The second-order valence-corrected chi connectivity index (χ2v) is 5.02. The highest BCUT2D eigenvalue weighted by Crippen LogP contribution is 2.40. The molecule has 0 radical (unpaired) electrons. The topological polar surface area (TPSA) is 38.1 Å². The van der Waals surface area contributed by atoms with Gasteiger partial charge in [-0.1, -0.05) is 15.9 Å². The van der Waals surface area contributed by atoms with Gasteiger partial charge in [0.15, 0.2) is 0 Å². The molecule has 1 aliphatic heterocycles. The molecule has 0 unspecified atom stereocenters. The molecule has 1 aromatic heterocycles. The van der Waals surface area contributed by atoms with E-state index >= 15 is 0 Å². The van der Waals surface area contributed by atoms with Crippen molar-refractivity contribution in [2.75, 3.05) is 13.6 Å². The lowest BCUT2D eigenvalue weighted by Gasteiger charge is -2.22. The number of likely N-dealkylation sites (N-methyl/N-ethyl adjacent to an activating group) is 1. The average Bonchev–Trinajstić information content (AvgIpc) is 2.88. The summed E-state index contributed by atoms with van der Waals surface area (Å²) in [5.41, 5.74) is 1.61. The van der Waals surface area contributed by atoms with E-state index in [2.05, 4.69) is 21.0 Å². The average molecular weight is 322 g/mol. The first kappa shape index (κ1) is 13.5. The van der Waals surface area contributed by atoms with Crippen molar-refractivity contribution in [3.8, 4) is 0 Å². The Morgan fingerprint density at radius 3 is 2.56 bits per heavy atom. The van der Waals surface area contributed by atoms with Gasteiger partial charge in [0.25, 0.3) is 5.91 Å². The van der Waals surface area contributed by atoms with Gasteiger partial charge in [-0.15, -0.1) is 0 Å². The third-order valence-corrected chi connectivity index (χ3v) is 3.38. The van der Waals surface area contributed by atoms with E-state index < -0.39 is 5.92 Å². The minimum atomic E-state index is -2.25. The number of hydrogen-bond acceptors (Lipinski definition) is 2. The summed E-state index contributed by atoms with van der Waals surface area (Å²) in [5, 5.41) is 4.97. The molecule has 2 aliphatic rings. The molecule has 0 bridgehead atoms. The van der Waals surface area contributed by atoms with Gasteiger partial charge in [-0.25, -0.2) is 8.78 Å². The molecular formula is C11H14BrF2N3O. The molecule has 18 heavy (non-hydrogen) atoms. The van der Waals surface area contributed by atoms with Crippen LogP contribution in [-0.4, -0.2) is 40.1 Å². The monoisotopic (exact) mass is 321 g/mol. The summed E-state index contributed by atoms with van der Waals surface area (Å²) in [7, 11) is 1.81. The molecule has 4 nitrogen and oxygen atoms in total. The highest BCUT2D eigenvalue weighted by molar-refractivity contribution is 9.08. The molecule has 0 aromatic carbocycles. The van der Waals surface area contributed by atoms with Crippen LogP contribution in [0.25, 0.3) is 0 Å². The van der Waals surface area contributed by atoms with E-state index in [1.165, 1.54) is 0 Å². The number of aromatic nitrogens is 2. The van der Waals surface area contributed by atoms with Crippen LogP contribution in [0.15, 0.2) is 6.07 Å². The Hall–Kier alpha value is -0.980. The standard InChI is InChI=1S/C8H10BrN3O.C3H4F2/c1-11-2-3-12-7(8(11)13)4-6(5-9)10-12;4-3(5)1-2-3/h4H,2-3,5H2,1H3;1-2H2. The molecule has 1 saturated carbocycles. The van der Waals surface area contributed by atoms with Crippen molar-refractivity contribution in [3.63, 3.8) is 0 Å². The zero-order valence-electron chi connectivity index (χ0n) is 10.00. The second-order valence-electron chi connectivity index (χ2n) is 4.46. The quantitative estimate of drug-likeness (QED) is 0.744. The summed E-state index contributed by atoms with van der Waals surface area (Å²) >= 11 is 3.32. The molecule has 7 heteroatoms. The fraction of sp³-hybridized carbons (Fsp3) is 0.636. The van der Waals surface area contributed by atoms with Crippen LogP contribution in [0.5, 0.6) is 0 Å². The molecule has 0 N–H and O–H groups in total. The molecule has 0 saturated heterocycles. The van der Waals surface area contributed by atoms with E-state index in [-0.39, 0.29) is 18.7 Å². The van der Waals surface area contributed by atoms with Gasteiger partial charge in [0.2, 0.25) is 5.92 Å². The number of carbonyl (C=O) groups is 1. The van der Waals surface area contributed by atoms with Crippen LogP contribution >= 0.6 is 15.9 Å². The van der Waals surface area contributed by atoms with Gasteiger partial charge in [-0.05, 0) is 6.07 Å². The third-order valence-electron chi connectivity index (χ3n) is 2.81. The van der Waals surface area contributed by atoms with Gasteiger partial charge in [0, 0.05) is 31.8 Å². The molecule has 2 heterocycles. The number of amides is 1. The van der Waals surface area contributed by atoms with Gasteiger partial charge in [0.1, 0.15) is 5.69 Å². The summed E-state index contributed by atoms with van der Waals surface area (Å²) in [6.07, 6.45) is 0.236. The smallest absolute Gasteiger partial charge is 0.271 e. The number of alkyl halides is 3. The molecule has 3 rings (SSSR count). The maximum absolute atomic E-state index is 11.6. The first-order chi connectivity index (χ1) is 8.43. The fourth-order valence-electron chi connectivity index (χ4n) is 1.51. The van der Waals surface area contributed by atoms with Crippen molar-refractivity contribution in [1.82, 2.24) is 14.7 Å². The lowest BCUT2D eigenvalue weighted by molar-refractivity contribution is 0.0742. The Kier molecular flexibility index (Phi) is 3.70. The van der Waals surface area contributed by atoms with E-state index in [0.29, 0.717) is 11.0 Å². The minimum absolute atomic E-state index is 0.0611. The molecule has 1 fully saturated rings. The Balaban J connectivity index is 0.000000202. The number of hydrogen-bond donors (Lipinski definition) is 0. The first-order valence-corrected chi connectivity index (χ1v) is 6.81. The molecule has 0 atom stereocenters. The predicted octanol–water partition coefficient (Wildman–Crippen LogP) is 2.28. The lowest BCUT2D eigenvalue weighted by Crippen LogP contribution is -2.37. The van der Waals surface area contributed by atoms with Crippen molar-refractivity contribution in [2.45, 2.75) is 30.6 Å². The van der Waals surface area contributed by atoms with Gasteiger partial charge < -0.3 is 4.90 Å². The van der Waals surface area contributed by atoms with Crippen LogP contribution in [0.1, 0.15) is 29.0 Å². The van der Waals surface area contributed by atoms with Gasteiger partial charge in [-0.2, -0.15) is 5.10 Å². The van der Waals surface area contributed by atoms with Crippen LogP contribution in [-0.2, 0) is 11.9 Å². The molecular weight excluding hydrogens is 308 g/mol. The van der Waals surface area contributed by atoms with Crippen LogP contribution in [0.3, 0.4) is 0 Å². The Morgan fingerprint density at radius 1 is 1.44 bits per heavy atom. The Labute approximate surface area is 112 Å². The Bertz CT molecular complexity index is 455. The fourth-order valence-corrected chi connectivity index (χ4v) is 1.79. The van der Waals surface area contributed by atoms with Crippen LogP contribution in [0.4, 0.5) is 8.78 Å². The SMILES string of the molecule is CN1CCn2nc(CBr)cc2C1=O.FC1(F)CC1. The van der Waals surface area contributed by atoms with Crippen molar-refractivity contribution in [2.24, 2.45) is 0 Å². The number of rotatable bonds is 1. The van der Waals surface area contributed by atoms with E-state index in [1.807, 2.05) is 13.1 Å². The van der Waals surface area contributed by atoms with Gasteiger partial charge in [-0.3, -0.25) is 9.48 Å². The van der Waals surface area contributed by atoms with Gasteiger partial charge >= 0.3 is 0 Å². The molecule has 1 amide bonds. The zero-order chi connectivity index (χ0) is 13.3. The van der Waals surface area contributed by atoms with Crippen LogP contribution < -0.4 is 0 Å². The normalized spacial score (nSPS) is 20.0. The highest BCUT2D eigenvalue weighted by atomic mass is 79.9. The number of halogens is 3. The number of carbonyl (C=O) groups excluding carboxylic acids is 1. The van der Waals surface area contributed by atoms with Gasteiger partial charge in [0.05, 0.1) is 12.2 Å². The minimum Gasteiger partial charge on any atom is -0.339 e. The zero-order valence-corrected chi connectivity index (χ0v) is 11.6. The van der Waals surface area contributed by atoms with E-state index in [0.717, 1.165) is 18.8 Å². The largest absolute Gasteiger partial charge is 0.339 e. The predicted molar refractivity (Wildman–Crippen MR) is 66.0 cm³/mol. The molecule has 100 valence electrons. The second kappa shape index (κ2) is 4.95. The van der Waals surface area contributed by atoms with Crippen molar-refractivity contribution in [3.05, 3.63) is 17.5 Å². The summed E-state index contributed by atoms with van der Waals surface area (Å²) in [6, 6.07) is 1.84. The lowest BCUT2D eigenvalue weighted by atomic mass is 10.3. The highest BCUT2D eigenvalue weighted by Gasteiger charge is 2.43. The van der Waals surface area contributed by atoms with E-state index in [9.17, 15) is 13.6 Å². The van der Waals surface area contributed by atoms with Crippen molar-refractivity contribution >= 4 is 21.8 Å². The summed E-state index contributed by atoms with van der Waals surface area (Å²) < 4.78 is 24.0. The van der Waals surface area contributed by atoms with Crippen molar-refractivity contribution < 1.29 is 13.6 Å². The molecule has 1 aliphatic carbocycles. The number of fused-ring (bicyclic) bond motifs is 1. The number of nitrogens with zero attached hydrogens (tertiary/aromatic N) is 3. The summed E-state index contributed by atoms with van der Waals surface area (Å²) in [4.78, 5) is 13.3. The first-order valence-electron chi connectivity index (χ1n) is 5.69. The van der Waals surface area contributed by atoms with E-state index in [1.54, 1.807) is 9.58 Å². The Morgan fingerprint density at radius 2 is 2.06 bits per heavy atom. The van der Waals surface area contributed by atoms with Crippen molar-refractivity contribution in [1.29, 1.82) is 0 Å². The molecule has 1 aromatic rings. The van der Waals surface area contributed by atoms with Crippen LogP contribution in [0, 0.1) is 0 Å². The summed E-state index contributed by atoms with van der Waals surface area (Å²) in [6.45, 7) is 1.54. The third kappa shape index (κ3) is 3.07. The molecule has 0 spiro atoms. The van der Waals surface area contributed by atoms with E-state index in [4.69, 9.17) is 0 Å². The summed E-state index contributed by atoms with van der Waals surface area (Å²) in [5.74, 6) is -2.19. The maximum atomic E-state index is 11.6.